The molecule has 2 amide bonds. The summed E-state index contributed by atoms with van der Waals surface area (Å²) in [5.41, 5.74) is 1.82. The van der Waals surface area contributed by atoms with Crippen LogP contribution in [0.3, 0.4) is 0 Å². The Morgan fingerprint density at radius 3 is 2.35 bits per heavy atom. The third-order valence-corrected chi connectivity index (χ3v) is 6.38. The predicted molar refractivity (Wildman–Crippen MR) is 119 cm³/mol. The molecule has 0 unspecified atom stereocenters. The number of aromatic nitrogens is 1. The standard InChI is InChI=1S/C24H22ClN3O3/c25-19-15-17(21-8-6-16-3-1-2-4-20(16)26-21)5-7-18(19)22(29)27-11-13-28(14-12-27)23(30)24(31)9-10-24/h1-8,15,31H,9-14H2. The maximum Gasteiger partial charge on any atom is 0.255 e. The summed E-state index contributed by atoms with van der Waals surface area (Å²) in [4.78, 5) is 33.3. The van der Waals surface area contributed by atoms with Crippen molar-refractivity contribution in [2.24, 2.45) is 0 Å². The number of pyridine rings is 1. The van der Waals surface area contributed by atoms with Gasteiger partial charge in [-0.1, -0.05) is 41.9 Å². The quantitative estimate of drug-likeness (QED) is 0.684. The molecule has 158 valence electrons. The molecule has 2 heterocycles. The van der Waals surface area contributed by atoms with E-state index in [0.29, 0.717) is 49.6 Å². The molecular weight excluding hydrogens is 414 g/mol. The Hall–Kier alpha value is -2.96. The first-order chi connectivity index (χ1) is 14.9. The molecule has 5 rings (SSSR count). The third-order valence-electron chi connectivity index (χ3n) is 6.07. The summed E-state index contributed by atoms with van der Waals surface area (Å²) in [5, 5.41) is 11.5. The van der Waals surface area contributed by atoms with E-state index in [4.69, 9.17) is 11.6 Å². The molecule has 2 fully saturated rings. The number of aliphatic hydroxyl groups is 1. The molecule has 3 aromatic rings. The van der Waals surface area contributed by atoms with Crippen LogP contribution >= 0.6 is 11.6 Å². The lowest BCUT2D eigenvalue weighted by molar-refractivity contribution is -0.143. The van der Waals surface area contributed by atoms with Gasteiger partial charge in [0, 0.05) is 37.1 Å². The zero-order valence-corrected chi connectivity index (χ0v) is 17.7. The Labute approximate surface area is 185 Å². The highest BCUT2D eigenvalue weighted by Crippen LogP contribution is 2.37. The van der Waals surface area contributed by atoms with E-state index < -0.39 is 5.60 Å². The van der Waals surface area contributed by atoms with Crippen molar-refractivity contribution in [1.29, 1.82) is 0 Å². The molecule has 31 heavy (non-hydrogen) atoms. The zero-order chi connectivity index (χ0) is 21.6. The van der Waals surface area contributed by atoms with Gasteiger partial charge < -0.3 is 14.9 Å². The fraction of sp³-hybridized carbons (Fsp3) is 0.292. The zero-order valence-electron chi connectivity index (χ0n) is 16.9. The van der Waals surface area contributed by atoms with E-state index in [-0.39, 0.29) is 11.8 Å². The van der Waals surface area contributed by atoms with Gasteiger partial charge in [0.1, 0.15) is 5.60 Å². The van der Waals surface area contributed by atoms with E-state index >= 15 is 0 Å². The van der Waals surface area contributed by atoms with Crippen LogP contribution in [0, 0.1) is 0 Å². The molecule has 1 aromatic heterocycles. The number of carbonyl (C=O) groups excluding carboxylic acids is 2. The number of hydrogen-bond acceptors (Lipinski definition) is 4. The molecule has 1 saturated heterocycles. The molecule has 1 aliphatic heterocycles. The number of nitrogens with zero attached hydrogens (tertiary/aromatic N) is 3. The van der Waals surface area contributed by atoms with Crippen LogP contribution in [-0.2, 0) is 4.79 Å². The van der Waals surface area contributed by atoms with Gasteiger partial charge >= 0.3 is 0 Å². The predicted octanol–water partition coefficient (Wildman–Crippen LogP) is 3.36. The molecule has 1 N–H and O–H groups in total. The Balaban J connectivity index is 1.30. The van der Waals surface area contributed by atoms with Crippen LogP contribution in [0.15, 0.2) is 54.6 Å². The van der Waals surface area contributed by atoms with Crippen LogP contribution in [0.4, 0.5) is 0 Å². The van der Waals surface area contributed by atoms with Gasteiger partial charge in [-0.25, -0.2) is 4.98 Å². The first-order valence-electron chi connectivity index (χ1n) is 10.4. The van der Waals surface area contributed by atoms with Crippen molar-refractivity contribution in [2.75, 3.05) is 26.2 Å². The molecule has 2 aromatic carbocycles. The van der Waals surface area contributed by atoms with Gasteiger partial charge in [-0.15, -0.1) is 0 Å². The molecule has 0 bridgehead atoms. The molecule has 7 heteroatoms. The number of halogens is 1. The molecule has 6 nitrogen and oxygen atoms in total. The van der Waals surface area contributed by atoms with Crippen molar-refractivity contribution in [3.05, 3.63) is 65.2 Å². The Morgan fingerprint density at radius 1 is 0.935 bits per heavy atom. The Morgan fingerprint density at radius 2 is 1.65 bits per heavy atom. The van der Waals surface area contributed by atoms with Crippen LogP contribution in [0.25, 0.3) is 22.2 Å². The number of para-hydroxylation sites is 1. The highest BCUT2D eigenvalue weighted by molar-refractivity contribution is 6.34. The van der Waals surface area contributed by atoms with E-state index in [1.54, 1.807) is 21.9 Å². The third kappa shape index (κ3) is 3.77. The average Bonchev–Trinajstić information content (AvgIpc) is 3.56. The van der Waals surface area contributed by atoms with Gasteiger partial charge in [0.25, 0.3) is 11.8 Å². The molecule has 0 spiro atoms. The summed E-state index contributed by atoms with van der Waals surface area (Å²) in [6, 6.07) is 17.2. The lowest BCUT2D eigenvalue weighted by Crippen LogP contribution is -2.53. The second-order valence-electron chi connectivity index (χ2n) is 8.20. The summed E-state index contributed by atoms with van der Waals surface area (Å²) in [7, 11) is 0. The number of benzene rings is 2. The maximum absolute atomic E-state index is 13.0. The number of rotatable bonds is 3. The Bertz CT molecular complexity index is 1180. The minimum absolute atomic E-state index is 0.153. The molecular formula is C24H22ClN3O3. The van der Waals surface area contributed by atoms with Crippen molar-refractivity contribution in [2.45, 2.75) is 18.4 Å². The van der Waals surface area contributed by atoms with E-state index in [2.05, 4.69) is 4.98 Å². The SMILES string of the molecule is O=C(c1ccc(-c2ccc3ccccc3n2)cc1Cl)N1CCN(C(=O)C2(O)CC2)CC1. The average molecular weight is 436 g/mol. The van der Waals surface area contributed by atoms with E-state index in [9.17, 15) is 14.7 Å². The summed E-state index contributed by atoms with van der Waals surface area (Å²) in [6.07, 6.45) is 1.05. The first kappa shape index (κ1) is 20.0. The summed E-state index contributed by atoms with van der Waals surface area (Å²) in [5.74, 6) is -0.370. The monoisotopic (exact) mass is 435 g/mol. The maximum atomic E-state index is 13.0. The summed E-state index contributed by atoms with van der Waals surface area (Å²) >= 11 is 6.49. The van der Waals surface area contributed by atoms with Crippen LogP contribution in [0.5, 0.6) is 0 Å². The van der Waals surface area contributed by atoms with Gasteiger partial charge in [-0.05, 0) is 37.1 Å². The number of amides is 2. The van der Waals surface area contributed by atoms with Gasteiger partial charge in [0.15, 0.2) is 0 Å². The summed E-state index contributed by atoms with van der Waals surface area (Å²) < 4.78 is 0. The van der Waals surface area contributed by atoms with Crippen molar-refractivity contribution >= 4 is 34.3 Å². The van der Waals surface area contributed by atoms with Gasteiger partial charge in [-0.3, -0.25) is 9.59 Å². The lowest BCUT2D eigenvalue weighted by Gasteiger charge is -2.36. The molecule has 1 aliphatic carbocycles. The fourth-order valence-corrected chi connectivity index (χ4v) is 4.25. The molecule has 1 saturated carbocycles. The minimum atomic E-state index is -1.16. The van der Waals surface area contributed by atoms with Crippen LogP contribution in [0.1, 0.15) is 23.2 Å². The smallest absolute Gasteiger partial charge is 0.255 e. The van der Waals surface area contributed by atoms with Gasteiger partial charge in [0.05, 0.1) is 21.8 Å². The largest absolute Gasteiger partial charge is 0.380 e. The highest BCUT2D eigenvalue weighted by Gasteiger charge is 2.50. The second kappa shape index (κ2) is 7.62. The number of carbonyl (C=O) groups is 2. The molecule has 2 aliphatic rings. The van der Waals surface area contributed by atoms with Crippen LogP contribution < -0.4 is 0 Å². The number of fused-ring (bicyclic) bond motifs is 1. The minimum Gasteiger partial charge on any atom is -0.380 e. The molecule has 0 atom stereocenters. The fourth-order valence-electron chi connectivity index (χ4n) is 3.98. The van der Waals surface area contributed by atoms with Crippen molar-refractivity contribution in [3.8, 4) is 11.3 Å². The van der Waals surface area contributed by atoms with Crippen molar-refractivity contribution in [3.63, 3.8) is 0 Å². The van der Waals surface area contributed by atoms with E-state index in [0.717, 1.165) is 22.2 Å². The molecule has 0 radical (unpaired) electrons. The van der Waals surface area contributed by atoms with Crippen molar-refractivity contribution in [1.82, 2.24) is 14.8 Å². The Kier molecular flexibility index (Phi) is 4.91. The highest BCUT2D eigenvalue weighted by atomic mass is 35.5. The normalized spacial score (nSPS) is 17.6. The van der Waals surface area contributed by atoms with Gasteiger partial charge in [0.2, 0.25) is 0 Å². The lowest BCUT2D eigenvalue weighted by atomic mass is 10.1. The summed E-state index contributed by atoms with van der Waals surface area (Å²) in [6.45, 7) is 1.68. The van der Waals surface area contributed by atoms with Crippen molar-refractivity contribution < 1.29 is 14.7 Å². The number of piperazine rings is 1. The second-order valence-corrected chi connectivity index (χ2v) is 8.61. The topological polar surface area (TPSA) is 73.7 Å². The van der Waals surface area contributed by atoms with Crippen LogP contribution in [0.2, 0.25) is 5.02 Å². The van der Waals surface area contributed by atoms with E-state index in [1.807, 2.05) is 42.5 Å². The van der Waals surface area contributed by atoms with Crippen LogP contribution in [-0.4, -0.2) is 63.5 Å². The number of hydrogen-bond donors (Lipinski definition) is 1. The van der Waals surface area contributed by atoms with E-state index in [1.165, 1.54) is 0 Å². The first-order valence-corrected chi connectivity index (χ1v) is 10.8. The van der Waals surface area contributed by atoms with Gasteiger partial charge in [-0.2, -0.15) is 0 Å².